The van der Waals surface area contributed by atoms with Crippen molar-refractivity contribution in [2.24, 2.45) is 5.41 Å². The molecular weight excluding hydrogens is 338 g/mol. The van der Waals surface area contributed by atoms with Crippen molar-refractivity contribution in [1.82, 2.24) is 0 Å². The van der Waals surface area contributed by atoms with Crippen LogP contribution in [0.3, 0.4) is 0 Å². The second kappa shape index (κ2) is 8.39. The van der Waals surface area contributed by atoms with E-state index in [0.717, 1.165) is 29.0 Å². The lowest BCUT2D eigenvalue weighted by Crippen LogP contribution is -2.14. The Bertz CT molecular complexity index is 874. The number of halogens is 1. The van der Waals surface area contributed by atoms with Gasteiger partial charge < -0.3 is 0 Å². The number of rotatable bonds is 6. The molecule has 1 aromatic rings. The summed E-state index contributed by atoms with van der Waals surface area (Å²) >= 11 is 6.48. The first-order valence-electron chi connectivity index (χ1n) is 8.96. The fraction of sp³-hybridized carbons (Fsp3) is 0.292. The van der Waals surface area contributed by atoms with Gasteiger partial charge in [0, 0.05) is 16.0 Å². The Balaban J connectivity index is 2.29. The summed E-state index contributed by atoms with van der Waals surface area (Å²) < 4.78 is 0. The topological polar surface area (TPSA) is 23.8 Å². The van der Waals surface area contributed by atoms with E-state index in [1.165, 1.54) is 16.7 Å². The van der Waals surface area contributed by atoms with E-state index in [2.05, 4.69) is 63.8 Å². The van der Waals surface area contributed by atoms with Crippen LogP contribution in [0.1, 0.15) is 43.9 Å². The quantitative estimate of drug-likeness (QED) is 0.389. The lowest BCUT2D eigenvalue weighted by atomic mass is 9.76. The number of nitriles is 1. The van der Waals surface area contributed by atoms with Gasteiger partial charge in [0.1, 0.15) is 0 Å². The molecule has 0 radical (unpaired) electrons. The van der Waals surface area contributed by atoms with Crippen LogP contribution in [0.5, 0.6) is 0 Å². The molecule has 0 N–H and O–H groups in total. The lowest BCUT2D eigenvalue weighted by molar-refractivity contribution is 0.580. The van der Waals surface area contributed by atoms with Crippen molar-refractivity contribution < 1.29 is 0 Å². The Hall–Kier alpha value is -2.30. The van der Waals surface area contributed by atoms with E-state index in [1.807, 2.05) is 19.1 Å². The average molecular weight is 364 g/mol. The molecule has 1 aliphatic rings. The molecule has 0 amide bonds. The normalized spacial score (nSPS) is 19.7. The summed E-state index contributed by atoms with van der Waals surface area (Å²) in [5, 5.41) is 9.85. The minimum absolute atomic E-state index is 0.131. The van der Waals surface area contributed by atoms with Crippen molar-refractivity contribution in [1.29, 1.82) is 5.26 Å². The highest BCUT2D eigenvalue weighted by atomic mass is 35.5. The zero-order valence-electron chi connectivity index (χ0n) is 16.1. The molecule has 0 saturated carbocycles. The molecule has 1 atom stereocenters. The fourth-order valence-electron chi connectivity index (χ4n) is 3.41. The first-order valence-corrected chi connectivity index (χ1v) is 9.34. The van der Waals surface area contributed by atoms with Gasteiger partial charge in [-0.3, -0.25) is 0 Å². The third-order valence-corrected chi connectivity index (χ3v) is 5.41. The van der Waals surface area contributed by atoms with Crippen molar-refractivity contribution in [2.45, 2.75) is 40.5 Å². The van der Waals surface area contributed by atoms with Crippen molar-refractivity contribution >= 4 is 17.2 Å². The molecule has 0 fully saturated rings. The van der Waals surface area contributed by atoms with E-state index in [4.69, 9.17) is 16.9 Å². The maximum atomic E-state index is 9.03. The number of hydrogen-bond donors (Lipinski definition) is 0. The van der Waals surface area contributed by atoms with Crippen LogP contribution in [0.15, 0.2) is 66.3 Å². The molecule has 2 heteroatoms. The molecule has 134 valence electrons. The first kappa shape index (κ1) is 20.0. The Morgan fingerprint density at radius 2 is 2.08 bits per heavy atom. The van der Waals surface area contributed by atoms with Crippen molar-refractivity contribution in [2.75, 3.05) is 0 Å². The predicted octanol–water partition coefficient (Wildman–Crippen LogP) is 7.14. The van der Waals surface area contributed by atoms with Gasteiger partial charge in [-0.25, -0.2) is 0 Å². The van der Waals surface area contributed by atoms with Crippen LogP contribution in [0.4, 0.5) is 0 Å². The van der Waals surface area contributed by atoms with Gasteiger partial charge in [-0.05, 0) is 61.1 Å². The van der Waals surface area contributed by atoms with Crippen LogP contribution in [-0.2, 0) is 6.42 Å². The van der Waals surface area contributed by atoms with E-state index in [-0.39, 0.29) is 5.41 Å². The summed E-state index contributed by atoms with van der Waals surface area (Å²) in [7, 11) is 0. The summed E-state index contributed by atoms with van der Waals surface area (Å²) in [6, 6.07) is 6.49. The Kier molecular flexibility index (Phi) is 6.46. The van der Waals surface area contributed by atoms with E-state index < -0.39 is 0 Å². The van der Waals surface area contributed by atoms with Gasteiger partial charge in [0.2, 0.25) is 0 Å². The summed E-state index contributed by atoms with van der Waals surface area (Å²) in [5.41, 5.74) is 6.39. The van der Waals surface area contributed by atoms with Gasteiger partial charge in [0.05, 0.1) is 6.07 Å². The first-order chi connectivity index (χ1) is 12.3. The highest BCUT2D eigenvalue weighted by molar-refractivity contribution is 6.31. The van der Waals surface area contributed by atoms with E-state index in [1.54, 1.807) is 6.08 Å². The van der Waals surface area contributed by atoms with Crippen LogP contribution >= 0.6 is 11.6 Å². The Labute approximate surface area is 162 Å². The highest BCUT2D eigenvalue weighted by Crippen LogP contribution is 2.45. The molecule has 2 rings (SSSR count). The molecular formula is C24H26ClN. The maximum Gasteiger partial charge on any atom is 0.0988 e. The van der Waals surface area contributed by atoms with Crippen LogP contribution in [0, 0.1) is 23.7 Å². The second-order valence-corrected chi connectivity index (χ2v) is 7.38. The van der Waals surface area contributed by atoms with Crippen LogP contribution in [0.2, 0.25) is 5.02 Å². The van der Waals surface area contributed by atoms with Crippen LogP contribution in [-0.4, -0.2) is 0 Å². The van der Waals surface area contributed by atoms with Crippen LogP contribution < -0.4 is 0 Å². The monoisotopic (exact) mass is 363 g/mol. The van der Waals surface area contributed by atoms with Gasteiger partial charge in [0.15, 0.2) is 0 Å². The molecule has 0 spiro atoms. The van der Waals surface area contributed by atoms with Crippen molar-refractivity contribution in [3.8, 4) is 6.07 Å². The van der Waals surface area contributed by atoms with Gasteiger partial charge >= 0.3 is 0 Å². The van der Waals surface area contributed by atoms with E-state index >= 15 is 0 Å². The molecule has 1 aliphatic carbocycles. The number of nitrogens with zero attached hydrogens (tertiary/aromatic N) is 1. The molecule has 1 unspecified atom stereocenters. The number of hydrogen-bond acceptors (Lipinski definition) is 1. The minimum Gasteiger partial charge on any atom is -0.192 e. The SMILES string of the molecule is C=C(/C=C\C(C#N)=C/C)CC1(C)C=CC=C1c1cc(Cl)c(C)c(CC)c1. The standard InChI is InChI=1S/C24H26ClN/c1-6-19(16-26)11-10-17(3)15-24(5)12-8-9-22(24)21-13-20(7-2)18(4)23(25)14-21/h6,8-14H,3,7,15H2,1-2,4-5H3/b11-10-,19-6+. The summed E-state index contributed by atoms with van der Waals surface area (Å²) in [6.07, 6.45) is 13.8. The molecule has 0 aliphatic heterocycles. The molecule has 0 saturated heterocycles. The van der Waals surface area contributed by atoms with Gasteiger partial charge in [-0.15, -0.1) is 0 Å². The molecule has 0 bridgehead atoms. The zero-order chi connectivity index (χ0) is 19.3. The number of allylic oxidation sites excluding steroid dienone is 9. The van der Waals surface area contributed by atoms with Crippen molar-refractivity contribution in [3.63, 3.8) is 0 Å². The second-order valence-electron chi connectivity index (χ2n) is 6.98. The van der Waals surface area contributed by atoms with Crippen LogP contribution in [0.25, 0.3) is 5.57 Å². The lowest BCUT2D eigenvalue weighted by Gasteiger charge is -2.28. The molecule has 0 heterocycles. The van der Waals surface area contributed by atoms with Gasteiger partial charge in [-0.1, -0.05) is 74.0 Å². The van der Waals surface area contributed by atoms with Gasteiger partial charge in [0.25, 0.3) is 0 Å². The smallest absolute Gasteiger partial charge is 0.0988 e. The van der Waals surface area contributed by atoms with E-state index in [9.17, 15) is 0 Å². The fourth-order valence-corrected chi connectivity index (χ4v) is 3.65. The Morgan fingerprint density at radius 1 is 1.35 bits per heavy atom. The molecule has 1 aromatic carbocycles. The zero-order valence-corrected chi connectivity index (χ0v) is 16.8. The summed E-state index contributed by atoms with van der Waals surface area (Å²) in [4.78, 5) is 0. The highest BCUT2D eigenvalue weighted by Gasteiger charge is 2.30. The third kappa shape index (κ3) is 4.26. The van der Waals surface area contributed by atoms with E-state index in [0.29, 0.717) is 5.57 Å². The average Bonchev–Trinajstić information content (AvgIpc) is 2.99. The largest absolute Gasteiger partial charge is 0.192 e. The molecule has 26 heavy (non-hydrogen) atoms. The third-order valence-electron chi connectivity index (χ3n) is 5.02. The predicted molar refractivity (Wildman–Crippen MR) is 113 cm³/mol. The maximum absolute atomic E-state index is 9.03. The van der Waals surface area contributed by atoms with Gasteiger partial charge in [-0.2, -0.15) is 5.26 Å². The molecule has 1 nitrogen and oxygen atoms in total. The van der Waals surface area contributed by atoms with Crippen molar-refractivity contribution in [3.05, 3.63) is 88.0 Å². The number of benzene rings is 1. The summed E-state index contributed by atoms with van der Waals surface area (Å²) in [5.74, 6) is 0. The summed E-state index contributed by atoms with van der Waals surface area (Å²) in [6.45, 7) is 12.5. The Morgan fingerprint density at radius 3 is 2.69 bits per heavy atom. The minimum atomic E-state index is -0.131. The molecule has 0 aromatic heterocycles. The number of aryl methyl sites for hydroxylation is 1.